The number of esters is 1. The van der Waals surface area contributed by atoms with E-state index in [1.807, 2.05) is 0 Å². The van der Waals surface area contributed by atoms with Crippen LogP contribution < -0.4 is 5.32 Å². The fourth-order valence-electron chi connectivity index (χ4n) is 1.99. The Kier molecular flexibility index (Phi) is 3.19. The highest BCUT2D eigenvalue weighted by Crippen LogP contribution is 2.33. The summed E-state index contributed by atoms with van der Waals surface area (Å²) < 4.78 is 42.2. The molecular weight excluding hydrogens is 247 g/mol. The van der Waals surface area contributed by atoms with Crippen LogP contribution in [0.15, 0.2) is 18.2 Å². The average Bonchev–Trinajstić information content (AvgIpc) is 2.35. The van der Waals surface area contributed by atoms with Gasteiger partial charge in [-0.2, -0.15) is 13.2 Å². The number of aryl methyl sites for hydroxylation is 1. The molecule has 0 radical (unpaired) electrons. The van der Waals surface area contributed by atoms with Crippen molar-refractivity contribution in [3.63, 3.8) is 0 Å². The first-order valence-corrected chi connectivity index (χ1v) is 5.46. The van der Waals surface area contributed by atoms with Crippen LogP contribution in [0.1, 0.15) is 22.3 Å². The molecule has 18 heavy (non-hydrogen) atoms. The number of carbonyl (C=O) groups excluding carboxylic acids is 1. The number of rotatable bonds is 1. The van der Waals surface area contributed by atoms with Gasteiger partial charge in [0, 0.05) is 5.69 Å². The van der Waals surface area contributed by atoms with Crippen LogP contribution in [-0.4, -0.2) is 25.3 Å². The molecule has 1 aliphatic heterocycles. The van der Waals surface area contributed by atoms with Gasteiger partial charge in [0.1, 0.15) is 6.04 Å². The zero-order valence-electron chi connectivity index (χ0n) is 9.67. The van der Waals surface area contributed by atoms with Crippen molar-refractivity contribution in [3.05, 3.63) is 29.3 Å². The molecule has 0 aromatic heterocycles. The third-order valence-corrected chi connectivity index (χ3v) is 2.95. The van der Waals surface area contributed by atoms with Crippen molar-refractivity contribution in [2.45, 2.75) is 25.1 Å². The number of nitrogens with one attached hydrogen (secondary N) is 1. The van der Waals surface area contributed by atoms with Crippen molar-refractivity contribution in [2.75, 3.05) is 12.4 Å². The van der Waals surface area contributed by atoms with Gasteiger partial charge in [-0.15, -0.1) is 0 Å². The van der Waals surface area contributed by atoms with Gasteiger partial charge in [0.25, 0.3) is 0 Å². The maximum atomic E-state index is 12.6. The van der Waals surface area contributed by atoms with Gasteiger partial charge in [-0.1, -0.05) is 0 Å². The first-order valence-electron chi connectivity index (χ1n) is 5.46. The maximum absolute atomic E-state index is 12.6. The summed E-state index contributed by atoms with van der Waals surface area (Å²) in [7, 11) is 1.26. The third kappa shape index (κ3) is 2.42. The fourth-order valence-corrected chi connectivity index (χ4v) is 1.99. The van der Waals surface area contributed by atoms with E-state index >= 15 is 0 Å². The molecule has 3 nitrogen and oxygen atoms in total. The van der Waals surface area contributed by atoms with Crippen LogP contribution in [0.4, 0.5) is 18.9 Å². The van der Waals surface area contributed by atoms with E-state index in [9.17, 15) is 18.0 Å². The van der Waals surface area contributed by atoms with Crippen LogP contribution in [0.25, 0.3) is 0 Å². The number of methoxy groups -OCH3 is 1. The number of hydrogen-bond acceptors (Lipinski definition) is 3. The smallest absolute Gasteiger partial charge is 0.408 e. The number of halogens is 3. The van der Waals surface area contributed by atoms with Crippen molar-refractivity contribution in [1.82, 2.24) is 0 Å². The highest BCUT2D eigenvalue weighted by atomic mass is 19.4. The fraction of sp³-hybridized carbons (Fsp3) is 0.417. The lowest BCUT2D eigenvalue weighted by Gasteiger charge is -2.28. The second-order valence-electron chi connectivity index (χ2n) is 4.14. The van der Waals surface area contributed by atoms with Gasteiger partial charge in [0.05, 0.1) is 12.7 Å². The minimum absolute atomic E-state index is 0.0267. The monoisotopic (exact) mass is 259 g/mol. The molecule has 1 aromatic rings. The second kappa shape index (κ2) is 4.51. The van der Waals surface area contributed by atoms with Crippen LogP contribution in [-0.2, 0) is 11.2 Å². The van der Waals surface area contributed by atoms with Crippen molar-refractivity contribution in [3.8, 4) is 0 Å². The summed E-state index contributed by atoms with van der Waals surface area (Å²) in [4.78, 5) is 11.3. The molecule has 1 atom stereocenters. The number of hydrogen-bond donors (Lipinski definition) is 1. The highest BCUT2D eigenvalue weighted by Gasteiger charge is 2.41. The summed E-state index contributed by atoms with van der Waals surface area (Å²) in [6.45, 7) is 0. The zero-order valence-corrected chi connectivity index (χ0v) is 9.67. The lowest BCUT2D eigenvalue weighted by atomic mass is 9.96. The molecule has 0 saturated carbocycles. The van der Waals surface area contributed by atoms with Gasteiger partial charge < -0.3 is 10.1 Å². The molecule has 0 spiro atoms. The largest absolute Gasteiger partial charge is 0.465 e. The minimum Gasteiger partial charge on any atom is -0.465 e. The Morgan fingerprint density at radius 3 is 2.78 bits per heavy atom. The van der Waals surface area contributed by atoms with Gasteiger partial charge in [0.2, 0.25) is 0 Å². The number of fused-ring (bicyclic) bond motifs is 1. The first kappa shape index (κ1) is 12.7. The molecule has 98 valence electrons. The standard InChI is InChI=1S/C12H12F3NO2/c1-18-11(17)8-2-4-9-7(6-8)3-5-10(16-9)12(13,14)15/h2,4,6,10,16H,3,5H2,1H3/t10-/m1/s1. The van der Waals surface area contributed by atoms with Crippen molar-refractivity contribution < 1.29 is 22.7 Å². The van der Waals surface area contributed by atoms with E-state index in [0.29, 0.717) is 16.8 Å². The molecular formula is C12H12F3NO2. The molecule has 0 unspecified atom stereocenters. The van der Waals surface area contributed by atoms with Crippen LogP contribution in [0, 0.1) is 0 Å². The van der Waals surface area contributed by atoms with E-state index in [2.05, 4.69) is 10.1 Å². The predicted octanol–water partition coefficient (Wildman–Crippen LogP) is 2.76. The summed E-state index contributed by atoms with van der Waals surface area (Å²) in [5.74, 6) is -0.490. The third-order valence-electron chi connectivity index (χ3n) is 2.95. The van der Waals surface area contributed by atoms with E-state index in [0.717, 1.165) is 0 Å². The summed E-state index contributed by atoms with van der Waals surface area (Å²) >= 11 is 0. The minimum atomic E-state index is -4.25. The van der Waals surface area contributed by atoms with E-state index < -0.39 is 18.2 Å². The van der Waals surface area contributed by atoms with Crippen molar-refractivity contribution >= 4 is 11.7 Å². The van der Waals surface area contributed by atoms with E-state index in [1.165, 1.54) is 19.2 Å². The van der Waals surface area contributed by atoms with Crippen molar-refractivity contribution in [2.24, 2.45) is 0 Å². The van der Waals surface area contributed by atoms with Crippen LogP contribution >= 0.6 is 0 Å². The van der Waals surface area contributed by atoms with Crippen LogP contribution in [0.3, 0.4) is 0 Å². The molecule has 0 saturated heterocycles. The molecule has 1 heterocycles. The Bertz CT molecular complexity index is 471. The Hall–Kier alpha value is -1.72. The molecule has 0 aliphatic carbocycles. The Morgan fingerprint density at radius 1 is 1.44 bits per heavy atom. The molecule has 0 fully saturated rings. The summed E-state index contributed by atoms with van der Waals surface area (Å²) in [6, 6.07) is 2.99. The number of alkyl halides is 3. The van der Waals surface area contributed by atoms with Gasteiger partial charge in [-0.05, 0) is 36.6 Å². The van der Waals surface area contributed by atoms with Crippen molar-refractivity contribution in [1.29, 1.82) is 0 Å². The molecule has 1 N–H and O–H groups in total. The predicted molar refractivity (Wildman–Crippen MR) is 59.6 cm³/mol. The number of carbonyl (C=O) groups is 1. The van der Waals surface area contributed by atoms with Crippen LogP contribution in [0.2, 0.25) is 0 Å². The molecule has 0 amide bonds. The number of ether oxygens (including phenoxy) is 1. The lowest BCUT2D eigenvalue weighted by molar-refractivity contribution is -0.144. The average molecular weight is 259 g/mol. The van der Waals surface area contributed by atoms with E-state index in [4.69, 9.17) is 0 Å². The maximum Gasteiger partial charge on any atom is 0.408 e. The summed E-state index contributed by atoms with van der Waals surface area (Å²) in [5, 5.41) is 2.44. The summed E-state index contributed by atoms with van der Waals surface area (Å²) in [5.41, 5.74) is 1.48. The van der Waals surface area contributed by atoms with E-state index in [-0.39, 0.29) is 12.8 Å². The van der Waals surface area contributed by atoms with Gasteiger partial charge in [0.15, 0.2) is 0 Å². The van der Waals surface area contributed by atoms with Crippen LogP contribution in [0.5, 0.6) is 0 Å². The summed E-state index contributed by atoms with van der Waals surface area (Å²) in [6.07, 6.45) is -3.99. The number of anilines is 1. The Balaban J connectivity index is 2.23. The SMILES string of the molecule is COC(=O)c1ccc2c(c1)CC[C@H](C(F)(F)F)N2. The Morgan fingerprint density at radius 2 is 2.17 bits per heavy atom. The normalized spacial score (nSPS) is 18.8. The van der Waals surface area contributed by atoms with Gasteiger partial charge >= 0.3 is 12.1 Å². The van der Waals surface area contributed by atoms with E-state index in [1.54, 1.807) is 6.07 Å². The Labute approximate surface area is 102 Å². The van der Waals surface area contributed by atoms with Gasteiger partial charge in [-0.3, -0.25) is 0 Å². The first-order chi connectivity index (χ1) is 8.41. The topological polar surface area (TPSA) is 38.3 Å². The zero-order chi connectivity index (χ0) is 13.3. The van der Waals surface area contributed by atoms with Gasteiger partial charge in [-0.25, -0.2) is 4.79 Å². The molecule has 1 aromatic carbocycles. The molecule has 0 bridgehead atoms. The molecule has 6 heteroatoms. The highest BCUT2D eigenvalue weighted by molar-refractivity contribution is 5.90. The number of benzene rings is 1. The molecule has 2 rings (SSSR count). The quantitative estimate of drug-likeness (QED) is 0.788. The molecule has 1 aliphatic rings. The second-order valence-corrected chi connectivity index (χ2v) is 4.14. The lowest BCUT2D eigenvalue weighted by Crippen LogP contribution is -2.39.